The Kier molecular flexibility index (Phi) is 4.64. The van der Waals surface area contributed by atoms with Gasteiger partial charge in [-0.15, -0.1) is 0 Å². The van der Waals surface area contributed by atoms with Gasteiger partial charge in [-0.2, -0.15) is 0 Å². The molecule has 1 saturated heterocycles. The van der Waals surface area contributed by atoms with Crippen LogP contribution in [0.3, 0.4) is 0 Å². The van der Waals surface area contributed by atoms with E-state index in [1.807, 2.05) is 38.1 Å². The Morgan fingerprint density at radius 1 is 1.24 bits per heavy atom. The van der Waals surface area contributed by atoms with Crippen molar-refractivity contribution in [2.45, 2.75) is 44.6 Å². The molecule has 1 aliphatic rings. The normalized spacial score (nSPS) is 19.3. The molecule has 0 aliphatic carbocycles. The second-order valence-corrected chi connectivity index (χ2v) is 7.39. The minimum atomic E-state index is -0.559. The number of nitrogens with zero attached hydrogens (tertiary/aromatic N) is 1. The highest BCUT2D eigenvalue weighted by Crippen LogP contribution is 2.28. The Bertz CT molecular complexity index is 502. The molecule has 0 spiro atoms. The third kappa shape index (κ3) is 3.78. The number of nitrogens with one attached hydrogen (secondary N) is 1. The highest BCUT2D eigenvalue weighted by molar-refractivity contribution is 6.30. The summed E-state index contributed by atoms with van der Waals surface area (Å²) in [5, 5.41) is 3.96. The lowest BCUT2D eigenvalue weighted by Crippen LogP contribution is -2.56. The first-order chi connectivity index (χ1) is 9.73. The average Bonchev–Trinajstić information content (AvgIpc) is 2.43. The molecule has 1 amide bonds. The summed E-state index contributed by atoms with van der Waals surface area (Å²) >= 11 is 5.93. The molecule has 1 heterocycles. The van der Waals surface area contributed by atoms with Gasteiger partial charge in [-0.05, 0) is 58.4 Å². The van der Waals surface area contributed by atoms with Gasteiger partial charge in [-0.25, -0.2) is 0 Å². The maximum absolute atomic E-state index is 12.7. The summed E-state index contributed by atoms with van der Waals surface area (Å²) in [6.45, 7) is 8.12. The third-order valence-electron chi connectivity index (χ3n) is 4.64. The lowest BCUT2D eigenvalue weighted by atomic mass is 9.81. The number of carbonyl (C=O) groups excluding carboxylic acids is 1. The van der Waals surface area contributed by atoms with Gasteiger partial charge in [-0.3, -0.25) is 4.79 Å². The molecule has 0 saturated carbocycles. The third-order valence-corrected chi connectivity index (χ3v) is 4.89. The summed E-state index contributed by atoms with van der Waals surface area (Å²) in [6, 6.07) is 7.53. The first-order valence-corrected chi connectivity index (χ1v) is 7.88. The Hall–Kier alpha value is -1.06. The number of hydrogen-bond donors (Lipinski definition) is 1. The summed E-state index contributed by atoms with van der Waals surface area (Å²) in [6.07, 6.45) is 1.98. The van der Waals surface area contributed by atoms with E-state index in [1.165, 1.54) is 0 Å². The molecule has 1 aromatic rings. The van der Waals surface area contributed by atoms with Gasteiger partial charge in [0.25, 0.3) is 0 Å². The number of piperidine rings is 1. The van der Waals surface area contributed by atoms with E-state index >= 15 is 0 Å². The van der Waals surface area contributed by atoms with E-state index in [-0.39, 0.29) is 11.4 Å². The summed E-state index contributed by atoms with van der Waals surface area (Å²) < 4.78 is 0. The van der Waals surface area contributed by atoms with Crippen molar-refractivity contribution >= 4 is 17.5 Å². The van der Waals surface area contributed by atoms with Crippen LogP contribution in [0.4, 0.5) is 0 Å². The molecular formula is C17H25ClN2O. The van der Waals surface area contributed by atoms with Crippen LogP contribution < -0.4 is 5.32 Å². The van der Waals surface area contributed by atoms with Gasteiger partial charge in [0.1, 0.15) is 0 Å². The molecule has 0 aromatic heterocycles. The molecule has 2 rings (SSSR count). The molecular weight excluding hydrogens is 284 g/mol. The predicted molar refractivity (Wildman–Crippen MR) is 87.8 cm³/mol. The van der Waals surface area contributed by atoms with Crippen LogP contribution in [0.25, 0.3) is 0 Å². The predicted octanol–water partition coefficient (Wildman–Crippen LogP) is 3.22. The smallest absolute Gasteiger partial charge is 0.230 e. The van der Waals surface area contributed by atoms with Crippen molar-refractivity contribution in [3.63, 3.8) is 0 Å². The summed E-state index contributed by atoms with van der Waals surface area (Å²) in [5.74, 6) is 0.0804. The van der Waals surface area contributed by atoms with Crippen LogP contribution >= 0.6 is 11.6 Å². The summed E-state index contributed by atoms with van der Waals surface area (Å²) in [5.41, 5.74) is 0.325. The maximum atomic E-state index is 12.7. The lowest BCUT2D eigenvalue weighted by Gasteiger charge is -2.40. The molecule has 1 aliphatic heterocycles. The van der Waals surface area contributed by atoms with E-state index in [0.29, 0.717) is 5.02 Å². The Morgan fingerprint density at radius 2 is 1.76 bits per heavy atom. The largest absolute Gasteiger partial charge is 0.350 e. The van der Waals surface area contributed by atoms with Gasteiger partial charge in [-0.1, -0.05) is 23.7 Å². The molecule has 1 N–H and O–H groups in total. The van der Waals surface area contributed by atoms with Gasteiger partial charge in [0.2, 0.25) is 5.91 Å². The Labute approximate surface area is 132 Å². The standard InChI is InChI=1S/C17H25ClN2O/c1-16(2,13-5-7-14(18)8-6-13)15(21)19-17(3)9-11-20(4)12-10-17/h5-8H,9-12H2,1-4H3,(H,19,21). The van der Waals surface area contributed by atoms with Gasteiger partial charge < -0.3 is 10.2 Å². The molecule has 116 valence electrons. The van der Waals surface area contributed by atoms with Crippen LogP contribution in [-0.2, 0) is 10.2 Å². The van der Waals surface area contributed by atoms with Crippen LogP contribution in [0.1, 0.15) is 39.2 Å². The van der Waals surface area contributed by atoms with Crippen molar-refractivity contribution in [1.29, 1.82) is 0 Å². The molecule has 21 heavy (non-hydrogen) atoms. The Morgan fingerprint density at radius 3 is 2.29 bits per heavy atom. The minimum Gasteiger partial charge on any atom is -0.350 e. The van der Waals surface area contributed by atoms with E-state index in [0.717, 1.165) is 31.5 Å². The quantitative estimate of drug-likeness (QED) is 0.930. The van der Waals surface area contributed by atoms with Crippen LogP contribution in [0, 0.1) is 0 Å². The van der Waals surface area contributed by atoms with Crippen LogP contribution in [-0.4, -0.2) is 36.5 Å². The fourth-order valence-electron chi connectivity index (χ4n) is 2.67. The maximum Gasteiger partial charge on any atom is 0.230 e. The van der Waals surface area contributed by atoms with E-state index in [2.05, 4.69) is 24.2 Å². The minimum absolute atomic E-state index is 0.0804. The lowest BCUT2D eigenvalue weighted by molar-refractivity contribution is -0.128. The molecule has 1 fully saturated rings. The molecule has 0 radical (unpaired) electrons. The van der Waals surface area contributed by atoms with Gasteiger partial charge in [0.05, 0.1) is 5.41 Å². The number of benzene rings is 1. The fourth-order valence-corrected chi connectivity index (χ4v) is 2.79. The zero-order valence-corrected chi connectivity index (χ0v) is 14.1. The molecule has 0 atom stereocenters. The molecule has 0 unspecified atom stereocenters. The molecule has 0 bridgehead atoms. The highest BCUT2D eigenvalue weighted by Gasteiger charge is 2.36. The second-order valence-electron chi connectivity index (χ2n) is 6.95. The van der Waals surface area contributed by atoms with E-state index < -0.39 is 5.41 Å². The van der Waals surface area contributed by atoms with Crippen molar-refractivity contribution in [1.82, 2.24) is 10.2 Å². The molecule has 4 heteroatoms. The first-order valence-electron chi connectivity index (χ1n) is 7.50. The average molecular weight is 309 g/mol. The topological polar surface area (TPSA) is 32.3 Å². The zero-order valence-electron chi connectivity index (χ0n) is 13.4. The van der Waals surface area contributed by atoms with Crippen molar-refractivity contribution < 1.29 is 4.79 Å². The number of hydrogen-bond acceptors (Lipinski definition) is 2. The number of carbonyl (C=O) groups is 1. The van der Waals surface area contributed by atoms with E-state index in [4.69, 9.17) is 11.6 Å². The summed E-state index contributed by atoms with van der Waals surface area (Å²) in [7, 11) is 2.12. The second kappa shape index (κ2) is 5.98. The highest BCUT2D eigenvalue weighted by atomic mass is 35.5. The van der Waals surface area contributed by atoms with Crippen molar-refractivity contribution in [3.8, 4) is 0 Å². The number of amides is 1. The SMILES string of the molecule is CN1CCC(C)(NC(=O)C(C)(C)c2ccc(Cl)cc2)CC1. The van der Waals surface area contributed by atoms with Gasteiger partial charge in [0, 0.05) is 23.7 Å². The van der Waals surface area contributed by atoms with Crippen LogP contribution in [0.2, 0.25) is 5.02 Å². The molecule has 1 aromatic carbocycles. The van der Waals surface area contributed by atoms with Crippen LogP contribution in [0.15, 0.2) is 24.3 Å². The van der Waals surface area contributed by atoms with Crippen molar-refractivity contribution in [2.24, 2.45) is 0 Å². The summed E-state index contributed by atoms with van der Waals surface area (Å²) in [4.78, 5) is 15.1. The number of rotatable bonds is 3. The van der Waals surface area contributed by atoms with Gasteiger partial charge in [0.15, 0.2) is 0 Å². The van der Waals surface area contributed by atoms with Crippen molar-refractivity contribution in [2.75, 3.05) is 20.1 Å². The van der Waals surface area contributed by atoms with E-state index in [9.17, 15) is 4.79 Å². The van der Waals surface area contributed by atoms with Gasteiger partial charge >= 0.3 is 0 Å². The molecule has 3 nitrogen and oxygen atoms in total. The number of halogens is 1. The fraction of sp³-hybridized carbons (Fsp3) is 0.588. The first kappa shape index (κ1) is 16.3. The van der Waals surface area contributed by atoms with E-state index in [1.54, 1.807) is 0 Å². The number of likely N-dealkylation sites (tertiary alicyclic amines) is 1. The Balaban J connectivity index is 2.09. The zero-order chi connectivity index (χ0) is 15.7. The monoisotopic (exact) mass is 308 g/mol. The van der Waals surface area contributed by atoms with Crippen molar-refractivity contribution in [3.05, 3.63) is 34.9 Å². The van der Waals surface area contributed by atoms with Crippen LogP contribution in [0.5, 0.6) is 0 Å².